The molecule has 22 heavy (non-hydrogen) atoms. The van der Waals surface area contributed by atoms with Crippen molar-refractivity contribution < 1.29 is 8.42 Å². The van der Waals surface area contributed by atoms with Crippen LogP contribution in [0.5, 0.6) is 0 Å². The summed E-state index contributed by atoms with van der Waals surface area (Å²) in [5, 5.41) is 2.04. The molecule has 2 aromatic carbocycles. The topological polar surface area (TPSA) is 59.1 Å². The number of aromatic nitrogens is 1. The Morgan fingerprint density at radius 1 is 0.909 bits per heavy atom. The summed E-state index contributed by atoms with van der Waals surface area (Å²) >= 11 is 0. The van der Waals surface area contributed by atoms with Gasteiger partial charge in [-0.15, -0.1) is 0 Å². The Morgan fingerprint density at radius 2 is 1.68 bits per heavy atom. The smallest absolute Gasteiger partial charge is 0.255 e. The van der Waals surface area contributed by atoms with Crippen LogP contribution < -0.4 is 4.72 Å². The fourth-order valence-corrected chi connectivity index (χ4v) is 2.98. The van der Waals surface area contributed by atoms with E-state index in [0.717, 1.165) is 16.4 Å². The zero-order valence-electron chi connectivity index (χ0n) is 11.7. The monoisotopic (exact) mass is 310 g/mol. The average molecular weight is 310 g/mol. The van der Waals surface area contributed by atoms with Crippen LogP contribution in [0.15, 0.2) is 72.3 Å². The number of nitrogens with zero attached hydrogens (tertiary/aromatic N) is 1. The minimum atomic E-state index is -3.59. The zero-order chi connectivity index (χ0) is 15.4. The quantitative estimate of drug-likeness (QED) is 0.800. The van der Waals surface area contributed by atoms with Crippen LogP contribution in [0.4, 0.5) is 5.69 Å². The summed E-state index contributed by atoms with van der Waals surface area (Å²) in [6.07, 6.45) is 3.20. The molecule has 0 atom stereocenters. The van der Waals surface area contributed by atoms with E-state index in [1.807, 2.05) is 48.5 Å². The van der Waals surface area contributed by atoms with Crippen molar-refractivity contribution in [2.45, 2.75) is 0 Å². The van der Waals surface area contributed by atoms with Gasteiger partial charge in [0.1, 0.15) is 0 Å². The van der Waals surface area contributed by atoms with Crippen LogP contribution in [-0.2, 0) is 10.0 Å². The molecule has 4 nitrogen and oxygen atoms in total. The number of fused-ring (bicyclic) bond motifs is 1. The minimum absolute atomic E-state index is 0.468. The summed E-state index contributed by atoms with van der Waals surface area (Å²) in [7, 11) is -3.59. The highest BCUT2D eigenvalue weighted by atomic mass is 32.2. The first kappa shape index (κ1) is 14.3. The molecule has 3 aromatic rings. The number of sulfonamides is 1. The molecule has 0 aliphatic carbocycles. The Kier molecular flexibility index (Phi) is 3.89. The van der Waals surface area contributed by atoms with E-state index < -0.39 is 10.0 Å². The van der Waals surface area contributed by atoms with Crippen LogP contribution in [0.25, 0.3) is 17.0 Å². The lowest BCUT2D eigenvalue weighted by atomic mass is 10.2. The van der Waals surface area contributed by atoms with Crippen molar-refractivity contribution in [1.29, 1.82) is 0 Å². The highest BCUT2D eigenvalue weighted by Gasteiger charge is 2.09. The van der Waals surface area contributed by atoms with E-state index in [1.165, 1.54) is 0 Å². The van der Waals surface area contributed by atoms with Gasteiger partial charge in [0, 0.05) is 11.6 Å². The second-order valence-electron chi connectivity index (χ2n) is 4.74. The maximum absolute atomic E-state index is 12.2. The Hall–Kier alpha value is -2.66. The number of hydrogen-bond donors (Lipinski definition) is 1. The van der Waals surface area contributed by atoms with E-state index in [0.29, 0.717) is 11.2 Å². The molecule has 0 saturated heterocycles. The van der Waals surface area contributed by atoms with Crippen molar-refractivity contribution in [1.82, 2.24) is 4.98 Å². The second kappa shape index (κ2) is 5.99. The first-order chi connectivity index (χ1) is 10.6. The van der Waals surface area contributed by atoms with Crippen molar-refractivity contribution in [2.75, 3.05) is 4.72 Å². The molecule has 110 valence electrons. The van der Waals surface area contributed by atoms with Crippen LogP contribution in [0.3, 0.4) is 0 Å². The van der Waals surface area contributed by atoms with E-state index >= 15 is 0 Å². The van der Waals surface area contributed by atoms with Gasteiger partial charge in [-0.25, -0.2) is 8.42 Å². The molecule has 0 aliphatic heterocycles. The maximum atomic E-state index is 12.2. The van der Waals surface area contributed by atoms with Gasteiger partial charge in [0.25, 0.3) is 10.0 Å². The highest BCUT2D eigenvalue weighted by molar-refractivity contribution is 7.95. The van der Waals surface area contributed by atoms with E-state index in [1.54, 1.807) is 24.4 Å². The molecule has 1 N–H and O–H groups in total. The van der Waals surface area contributed by atoms with E-state index in [-0.39, 0.29) is 0 Å². The molecule has 3 rings (SSSR count). The molecular formula is C17H14N2O2S. The van der Waals surface area contributed by atoms with E-state index in [2.05, 4.69) is 9.71 Å². The Morgan fingerprint density at radius 3 is 2.50 bits per heavy atom. The minimum Gasteiger partial charge on any atom is -0.278 e. The Bertz CT molecular complexity index is 914. The van der Waals surface area contributed by atoms with Gasteiger partial charge < -0.3 is 0 Å². The lowest BCUT2D eigenvalue weighted by molar-refractivity contribution is 0.609. The highest BCUT2D eigenvalue weighted by Crippen LogP contribution is 2.22. The summed E-state index contributed by atoms with van der Waals surface area (Å²) in [5.41, 5.74) is 1.92. The van der Waals surface area contributed by atoms with Crippen molar-refractivity contribution in [3.05, 3.63) is 77.8 Å². The number of hydrogen-bond acceptors (Lipinski definition) is 3. The van der Waals surface area contributed by atoms with Crippen molar-refractivity contribution >= 4 is 32.7 Å². The number of pyridine rings is 1. The lowest BCUT2D eigenvalue weighted by Crippen LogP contribution is -2.09. The maximum Gasteiger partial charge on any atom is 0.255 e. The van der Waals surface area contributed by atoms with Gasteiger partial charge in [0.05, 0.1) is 16.6 Å². The van der Waals surface area contributed by atoms with Crippen LogP contribution >= 0.6 is 0 Å². The van der Waals surface area contributed by atoms with Crippen LogP contribution in [0.1, 0.15) is 5.56 Å². The average Bonchev–Trinajstić information content (AvgIpc) is 2.54. The molecule has 0 radical (unpaired) electrons. The number of nitrogens with one attached hydrogen (secondary N) is 1. The first-order valence-electron chi connectivity index (χ1n) is 6.74. The summed E-state index contributed by atoms with van der Waals surface area (Å²) in [6, 6.07) is 18.4. The predicted octanol–water partition coefficient (Wildman–Crippen LogP) is 3.65. The second-order valence-corrected chi connectivity index (χ2v) is 6.31. The van der Waals surface area contributed by atoms with Crippen LogP contribution in [0.2, 0.25) is 0 Å². The molecule has 0 unspecified atom stereocenters. The van der Waals surface area contributed by atoms with Crippen molar-refractivity contribution in [2.24, 2.45) is 0 Å². The van der Waals surface area contributed by atoms with Gasteiger partial charge in [-0.1, -0.05) is 48.5 Å². The van der Waals surface area contributed by atoms with Gasteiger partial charge >= 0.3 is 0 Å². The third-order valence-electron chi connectivity index (χ3n) is 3.12. The standard InChI is InChI=1S/C17H14N2O2S/c20-22(21,13-11-14-6-2-1-3-7-14)19-16-10-4-8-15-9-5-12-18-17(15)16/h1-13,19H/b13-11+. The number of anilines is 1. The molecule has 0 bridgehead atoms. The number of para-hydroxylation sites is 1. The van der Waals surface area contributed by atoms with Crippen molar-refractivity contribution in [3.63, 3.8) is 0 Å². The third-order valence-corrected chi connectivity index (χ3v) is 4.12. The lowest BCUT2D eigenvalue weighted by Gasteiger charge is -2.07. The Labute approximate surface area is 129 Å². The molecule has 0 spiro atoms. The first-order valence-corrected chi connectivity index (χ1v) is 8.28. The molecule has 0 fully saturated rings. The molecule has 1 aromatic heterocycles. The fraction of sp³-hybridized carbons (Fsp3) is 0. The van der Waals surface area contributed by atoms with Gasteiger partial charge in [-0.2, -0.15) is 0 Å². The number of rotatable bonds is 4. The van der Waals surface area contributed by atoms with Gasteiger partial charge in [-0.05, 0) is 23.8 Å². The molecule has 5 heteroatoms. The van der Waals surface area contributed by atoms with Crippen LogP contribution in [0, 0.1) is 0 Å². The van der Waals surface area contributed by atoms with Crippen LogP contribution in [-0.4, -0.2) is 13.4 Å². The summed E-state index contributed by atoms with van der Waals surface area (Å²) in [5.74, 6) is 0. The molecular weight excluding hydrogens is 296 g/mol. The Balaban J connectivity index is 1.89. The largest absolute Gasteiger partial charge is 0.278 e. The SMILES string of the molecule is O=S(=O)(/C=C/c1ccccc1)Nc1cccc2cccnc12. The predicted molar refractivity (Wildman–Crippen MR) is 89.8 cm³/mol. The molecule has 0 aliphatic rings. The van der Waals surface area contributed by atoms with E-state index in [4.69, 9.17) is 0 Å². The molecule has 0 amide bonds. The van der Waals surface area contributed by atoms with E-state index in [9.17, 15) is 8.42 Å². The summed E-state index contributed by atoms with van der Waals surface area (Å²) in [4.78, 5) is 4.23. The third kappa shape index (κ3) is 3.32. The van der Waals surface area contributed by atoms with Gasteiger partial charge in [0.15, 0.2) is 0 Å². The van der Waals surface area contributed by atoms with Crippen molar-refractivity contribution in [3.8, 4) is 0 Å². The normalized spacial score (nSPS) is 11.8. The number of benzene rings is 2. The molecule has 1 heterocycles. The summed E-state index contributed by atoms with van der Waals surface area (Å²) < 4.78 is 26.9. The summed E-state index contributed by atoms with van der Waals surface area (Å²) in [6.45, 7) is 0. The zero-order valence-corrected chi connectivity index (χ0v) is 12.5. The van der Waals surface area contributed by atoms with Gasteiger partial charge in [-0.3, -0.25) is 9.71 Å². The fourth-order valence-electron chi connectivity index (χ4n) is 2.11. The molecule has 0 saturated carbocycles. The van der Waals surface area contributed by atoms with Gasteiger partial charge in [0.2, 0.25) is 0 Å².